The lowest BCUT2D eigenvalue weighted by Crippen LogP contribution is -2.08. The van der Waals surface area contributed by atoms with E-state index in [0.717, 1.165) is 32.5 Å². The van der Waals surface area contributed by atoms with E-state index in [-0.39, 0.29) is 0 Å². The minimum absolute atomic E-state index is 0.357. The Bertz CT molecular complexity index is 781. The van der Waals surface area contributed by atoms with Crippen molar-refractivity contribution in [2.24, 2.45) is 0 Å². The smallest absolute Gasteiger partial charge is 0.175 e. The molecule has 0 unspecified atom stereocenters. The lowest BCUT2D eigenvalue weighted by atomic mass is 10.3. The van der Waals surface area contributed by atoms with Crippen LogP contribution in [0.4, 0.5) is 0 Å². The first kappa shape index (κ1) is 13.2. The molecule has 1 aromatic carbocycles. The van der Waals surface area contributed by atoms with Crippen molar-refractivity contribution in [1.82, 2.24) is 9.55 Å². The molecule has 1 aliphatic heterocycles. The molecule has 1 aliphatic rings. The molecule has 0 radical (unpaired) electrons. The number of aromatic nitrogens is 2. The molecule has 0 amide bonds. The summed E-state index contributed by atoms with van der Waals surface area (Å²) in [5, 5.41) is 0. The van der Waals surface area contributed by atoms with Crippen LogP contribution in [0.3, 0.4) is 0 Å². The highest BCUT2D eigenvalue weighted by Crippen LogP contribution is 2.39. The van der Waals surface area contributed by atoms with E-state index in [9.17, 15) is 8.42 Å². The van der Waals surface area contributed by atoms with E-state index >= 15 is 0 Å². The highest BCUT2D eigenvalue weighted by Gasteiger charge is 2.23. The van der Waals surface area contributed by atoms with Gasteiger partial charge in [0.15, 0.2) is 9.84 Å². The largest absolute Gasteiger partial charge is 0.289 e. The monoisotopic (exact) mass is 358 g/mol. The van der Waals surface area contributed by atoms with Crippen molar-refractivity contribution in [3.8, 4) is 5.69 Å². The summed E-state index contributed by atoms with van der Waals surface area (Å²) in [4.78, 5) is 5.82. The van der Waals surface area contributed by atoms with Crippen LogP contribution >= 0.6 is 27.7 Å². The Morgan fingerprint density at radius 1 is 1.42 bits per heavy atom. The first-order valence-electron chi connectivity index (χ1n) is 5.59. The van der Waals surface area contributed by atoms with Gasteiger partial charge in [0.2, 0.25) is 0 Å². The van der Waals surface area contributed by atoms with Gasteiger partial charge in [0.25, 0.3) is 0 Å². The van der Waals surface area contributed by atoms with Gasteiger partial charge in [-0.3, -0.25) is 4.57 Å². The second-order valence-electron chi connectivity index (χ2n) is 4.43. The third-order valence-corrected chi connectivity index (χ3v) is 6.09. The van der Waals surface area contributed by atoms with Crippen LogP contribution < -0.4 is 0 Å². The topological polar surface area (TPSA) is 52.0 Å². The zero-order valence-corrected chi connectivity index (χ0v) is 13.6. The normalized spacial score (nSPS) is 14.1. The third kappa shape index (κ3) is 2.13. The van der Waals surface area contributed by atoms with Gasteiger partial charge in [-0.15, -0.1) is 11.8 Å². The zero-order chi connectivity index (χ0) is 13.8. The predicted molar refractivity (Wildman–Crippen MR) is 78.7 cm³/mol. The van der Waals surface area contributed by atoms with Gasteiger partial charge in [0.05, 0.1) is 22.0 Å². The number of sulfone groups is 1. The van der Waals surface area contributed by atoms with Crippen LogP contribution in [0.15, 0.2) is 32.6 Å². The number of imidazole rings is 1. The van der Waals surface area contributed by atoms with Crippen molar-refractivity contribution in [3.05, 3.63) is 34.3 Å². The Labute approximate surface area is 124 Å². The summed E-state index contributed by atoms with van der Waals surface area (Å²) < 4.78 is 26.2. The van der Waals surface area contributed by atoms with Crippen molar-refractivity contribution in [2.45, 2.75) is 22.5 Å². The summed E-state index contributed by atoms with van der Waals surface area (Å²) in [6.45, 7) is 1.95. The van der Waals surface area contributed by atoms with Crippen LogP contribution in [-0.4, -0.2) is 24.2 Å². The van der Waals surface area contributed by atoms with E-state index in [1.165, 1.54) is 6.26 Å². The maximum Gasteiger partial charge on any atom is 0.175 e. The number of nitrogens with zero attached hydrogens (tertiary/aromatic N) is 2. The second-order valence-corrected chi connectivity index (χ2v) is 8.21. The van der Waals surface area contributed by atoms with Crippen LogP contribution in [0.1, 0.15) is 11.5 Å². The summed E-state index contributed by atoms with van der Waals surface area (Å²) in [5.41, 5.74) is 1.92. The maximum atomic E-state index is 11.6. The maximum absolute atomic E-state index is 11.6. The van der Waals surface area contributed by atoms with Gasteiger partial charge < -0.3 is 0 Å². The number of rotatable bonds is 1. The Balaban J connectivity index is 2.24. The average molecular weight is 359 g/mol. The molecule has 0 spiro atoms. The fraction of sp³-hybridized carbons (Fsp3) is 0.250. The minimum Gasteiger partial charge on any atom is -0.289 e. The van der Waals surface area contributed by atoms with Gasteiger partial charge in [0, 0.05) is 11.2 Å². The summed E-state index contributed by atoms with van der Waals surface area (Å²) in [7, 11) is -3.17. The number of thioether (sulfide) groups is 1. The molecule has 1 aromatic heterocycles. The second kappa shape index (κ2) is 4.36. The van der Waals surface area contributed by atoms with Crippen molar-refractivity contribution in [2.75, 3.05) is 6.26 Å². The molecule has 7 heteroatoms. The Morgan fingerprint density at radius 3 is 2.84 bits per heavy atom. The highest BCUT2D eigenvalue weighted by atomic mass is 79.9. The Morgan fingerprint density at radius 2 is 2.16 bits per heavy atom. The predicted octanol–water partition coefficient (Wildman–Crippen LogP) is 2.95. The fourth-order valence-corrected chi connectivity index (χ4v) is 4.28. The Kier molecular flexibility index (Phi) is 3.03. The average Bonchev–Trinajstić information content (AvgIpc) is 2.64. The van der Waals surface area contributed by atoms with E-state index < -0.39 is 9.84 Å². The molecule has 2 heterocycles. The molecular formula is C12H11BrN2O2S2. The SMILES string of the molecule is Cc1nc2n(c1Br)-c1ccc(S(C)(=O)=O)cc1SC2. The molecule has 0 fully saturated rings. The summed E-state index contributed by atoms with van der Waals surface area (Å²) >= 11 is 5.15. The molecule has 3 rings (SSSR count). The fourth-order valence-electron chi connectivity index (χ4n) is 2.07. The van der Waals surface area contributed by atoms with E-state index in [2.05, 4.69) is 20.9 Å². The van der Waals surface area contributed by atoms with Crippen molar-refractivity contribution in [1.29, 1.82) is 0 Å². The molecule has 19 heavy (non-hydrogen) atoms. The molecule has 100 valence electrons. The third-order valence-electron chi connectivity index (χ3n) is 3.01. The molecule has 2 aromatic rings. The van der Waals surface area contributed by atoms with Gasteiger partial charge >= 0.3 is 0 Å². The van der Waals surface area contributed by atoms with Gasteiger partial charge in [-0.1, -0.05) is 0 Å². The number of hydrogen-bond donors (Lipinski definition) is 0. The van der Waals surface area contributed by atoms with Gasteiger partial charge in [0.1, 0.15) is 10.4 Å². The molecule has 0 bridgehead atoms. The highest BCUT2D eigenvalue weighted by molar-refractivity contribution is 9.10. The molecule has 0 N–H and O–H groups in total. The van der Waals surface area contributed by atoms with Gasteiger partial charge in [-0.2, -0.15) is 0 Å². The van der Waals surface area contributed by atoms with E-state index in [4.69, 9.17) is 0 Å². The quantitative estimate of drug-likeness (QED) is 0.786. The number of benzene rings is 1. The van der Waals surface area contributed by atoms with Crippen molar-refractivity contribution < 1.29 is 8.42 Å². The Hall–Kier alpha value is -0.790. The van der Waals surface area contributed by atoms with Gasteiger partial charge in [-0.05, 0) is 41.1 Å². The molecular weight excluding hydrogens is 348 g/mol. The first-order chi connectivity index (χ1) is 8.88. The lowest BCUT2D eigenvalue weighted by Gasteiger charge is -2.19. The zero-order valence-electron chi connectivity index (χ0n) is 10.3. The lowest BCUT2D eigenvalue weighted by molar-refractivity contribution is 0.601. The van der Waals surface area contributed by atoms with Crippen LogP contribution in [0, 0.1) is 6.92 Å². The van der Waals surface area contributed by atoms with Crippen molar-refractivity contribution in [3.63, 3.8) is 0 Å². The molecule has 4 nitrogen and oxygen atoms in total. The van der Waals surface area contributed by atoms with E-state index in [0.29, 0.717) is 4.90 Å². The number of halogens is 1. The molecule has 0 atom stereocenters. The van der Waals surface area contributed by atoms with Gasteiger partial charge in [-0.25, -0.2) is 13.4 Å². The summed E-state index contributed by atoms with van der Waals surface area (Å²) in [5.74, 6) is 1.72. The van der Waals surface area contributed by atoms with Crippen LogP contribution in [0.5, 0.6) is 0 Å². The van der Waals surface area contributed by atoms with E-state index in [1.807, 2.05) is 17.6 Å². The summed E-state index contributed by atoms with van der Waals surface area (Å²) in [6, 6.07) is 5.22. The van der Waals surface area contributed by atoms with Crippen LogP contribution in [0.2, 0.25) is 0 Å². The molecule has 0 saturated heterocycles. The first-order valence-corrected chi connectivity index (χ1v) is 9.26. The molecule has 0 saturated carbocycles. The molecule has 0 aliphatic carbocycles. The standard InChI is InChI=1S/C12H11BrN2O2S2/c1-7-12(13)15-9-4-3-8(19(2,16)17)5-10(9)18-6-11(15)14-7/h3-5H,6H2,1-2H3. The van der Waals surface area contributed by atoms with Crippen LogP contribution in [0.25, 0.3) is 5.69 Å². The minimum atomic E-state index is -3.17. The summed E-state index contributed by atoms with van der Waals surface area (Å²) in [6.07, 6.45) is 1.23. The van der Waals surface area contributed by atoms with E-state index in [1.54, 1.807) is 23.9 Å². The number of aryl methyl sites for hydroxylation is 1. The number of fused-ring (bicyclic) bond motifs is 3. The van der Waals surface area contributed by atoms with Crippen LogP contribution in [-0.2, 0) is 15.6 Å². The number of hydrogen-bond acceptors (Lipinski definition) is 4. The van der Waals surface area contributed by atoms with Crippen molar-refractivity contribution >= 4 is 37.5 Å².